The average Bonchev–Trinajstić information content (AvgIpc) is 2.90. The molecule has 17 heavy (non-hydrogen) atoms. The Morgan fingerprint density at radius 1 is 1.35 bits per heavy atom. The molecule has 0 saturated carbocycles. The molecule has 3 heteroatoms. The average molecular weight is 253 g/mol. The third kappa shape index (κ3) is 4.35. The zero-order chi connectivity index (χ0) is 13.7. The van der Waals surface area contributed by atoms with Gasteiger partial charge in [0.2, 0.25) is 6.33 Å². The summed E-state index contributed by atoms with van der Waals surface area (Å²) in [6, 6.07) is 1.84. The molecule has 0 spiro atoms. The second-order valence-corrected chi connectivity index (χ2v) is 5.12. The minimum Gasteiger partial charge on any atom is -0.240 e. The van der Waals surface area contributed by atoms with Crippen molar-refractivity contribution in [2.75, 3.05) is 0 Å². The van der Waals surface area contributed by atoms with E-state index in [0.717, 1.165) is 24.9 Å². The SMILES string of the molecule is [3H]c1cc(CCCCCCn2cc[n+](C)c2)c([3H])s1. The lowest BCUT2D eigenvalue weighted by atomic mass is 10.1. The van der Waals surface area contributed by atoms with Gasteiger partial charge in [0.1, 0.15) is 12.4 Å². The van der Waals surface area contributed by atoms with Crippen LogP contribution >= 0.6 is 11.3 Å². The molecule has 0 N–H and O–H groups in total. The van der Waals surface area contributed by atoms with Crippen LogP contribution in [0.2, 0.25) is 0 Å². The summed E-state index contributed by atoms with van der Waals surface area (Å²) < 4.78 is 19.5. The monoisotopic (exact) mass is 253 g/mol. The molecule has 0 saturated heterocycles. The van der Waals surface area contributed by atoms with E-state index in [2.05, 4.69) is 27.9 Å². The first-order valence-electron chi connectivity index (χ1n) is 7.22. The van der Waals surface area contributed by atoms with Gasteiger partial charge < -0.3 is 0 Å². The Kier molecular flexibility index (Phi) is 3.84. The number of aromatic nitrogens is 2. The molecule has 0 aliphatic carbocycles. The fourth-order valence-electron chi connectivity index (χ4n) is 1.95. The molecule has 0 unspecified atom stereocenters. The Hall–Kier alpha value is -1.09. The fourth-order valence-corrected chi connectivity index (χ4v) is 2.50. The van der Waals surface area contributed by atoms with E-state index in [1.165, 1.54) is 30.6 Å². The Morgan fingerprint density at radius 2 is 2.24 bits per heavy atom. The highest BCUT2D eigenvalue weighted by Crippen LogP contribution is 2.11. The van der Waals surface area contributed by atoms with Crippen molar-refractivity contribution in [1.82, 2.24) is 4.57 Å². The van der Waals surface area contributed by atoms with E-state index < -0.39 is 0 Å². The van der Waals surface area contributed by atoms with Gasteiger partial charge in [0.25, 0.3) is 0 Å². The van der Waals surface area contributed by atoms with E-state index in [1.807, 2.05) is 13.1 Å². The summed E-state index contributed by atoms with van der Waals surface area (Å²) in [5, 5.41) is 1.09. The molecular weight excluding hydrogens is 228 g/mol. The van der Waals surface area contributed by atoms with Crippen LogP contribution in [0.4, 0.5) is 0 Å². The second-order valence-electron chi connectivity index (χ2n) is 4.47. The van der Waals surface area contributed by atoms with Gasteiger partial charge in [0.05, 0.1) is 16.3 Å². The van der Waals surface area contributed by atoms with Crippen molar-refractivity contribution in [1.29, 1.82) is 0 Å². The van der Waals surface area contributed by atoms with Gasteiger partial charge in [0, 0.05) is 0 Å². The molecule has 0 aromatic carbocycles. The van der Waals surface area contributed by atoms with Crippen LogP contribution in [0, 0.1) is 0 Å². The molecule has 2 heterocycles. The Bertz CT molecular complexity index is 519. The van der Waals surface area contributed by atoms with Crippen molar-refractivity contribution < 1.29 is 7.31 Å². The number of aryl methyl sites for hydroxylation is 3. The van der Waals surface area contributed by atoms with Crippen LogP contribution in [0.25, 0.3) is 0 Å². The van der Waals surface area contributed by atoms with Gasteiger partial charge in [-0.3, -0.25) is 0 Å². The minimum absolute atomic E-state index is 0.514. The van der Waals surface area contributed by atoms with Gasteiger partial charge in [-0.25, -0.2) is 9.13 Å². The maximum Gasteiger partial charge on any atom is 0.243 e. The van der Waals surface area contributed by atoms with Crippen LogP contribution in [0.3, 0.4) is 0 Å². The van der Waals surface area contributed by atoms with Crippen molar-refractivity contribution in [3.63, 3.8) is 0 Å². The second kappa shape index (κ2) is 6.60. The van der Waals surface area contributed by atoms with Crippen LogP contribution in [0.15, 0.2) is 35.5 Å². The fraction of sp³-hybridized carbons (Fsp3) is 0.500. The minimum atomic E-state index is 0.514. The number of imidazole rings is 1. The number of thiophene rings is 1. The maximum atomic E-state index is 7.72. The summed E-state index contributed by atoms with van der Waals surface area (Å²) in [5.74, 6) is 0. The van der Waals surface area contributed by atoms with Crippen LogP contribution in [0.5, 0.6) is 0 Å². The van der Waals surface area contributed by atoms with E-state index in [-0.39, 0.29) is 0 Å². The summed E-state index contributed by atoms with van der Waals surface area (Å²) in [6.45, 7) is 1.08. The normalized spacial score (nSPS) is 12.5. The van der Waals surface area contributed by atoms with Crippen LogP contribution in [0.1, 0.15) is 34.0 Å². The van der Waals surface area contributed by atoms with Crippen LogP contribution in [-0.4, -0.2) is 4.57 Å². The maximum absolute atomic E-state index is 7.72. The van der Waals surface area contributed by atoms with E-state index in [4.69, 9.17) is 2.74 Å². The Balaban J connectivity index is 1.58. The highest BCUT2D eigenvalue weighted by molar-refractivity contribution is 7.07. The predicted octanol–water partition coefficient (Wildman–Crippen LogP) is 3.18. The first-order chi connectivity index (χ1) is 9.15. The summed E-state index contributed by atoms with van der Waals surface area (Å²) in [5.41, 5.74) is 1.05. The largest absolute Gasteiger partial charge is 0.243 e. The summed E-state index contributed by atoms with van der Waals surface area (Å²) in [7, 11) is 2.04. The van der Waals surface area contributed by atoms with Gasteiger partial charge >= 0.3 is 0 Å². The molecule has 2 rings (SSSR count). The van der Waals surface area contributed by atoms with Gasteiger partial charge in [-0.1, -0.05) is 6.42 Å². The lowest BCUT2D eigenvalue weighted by Gasteiger charge is -1.99. The number of hydrogen-bond acceptors (Lipinski definition) is 1. The third-order valence-corrected chi connectivity index (χ3v) is 3.51. The first-order valence-corrected chi connectivity index (χ1v) is 7.04. The predicted molar refractivity (Wildman–Crippen MR) is 72.1 cm³/mol. The van der Waals surface area contributed by atoms with Crippen molar-refractivity contribution >= 4 is 11.3 Å². The van der Waals surface area contributed by atoms with E-state index in [1.54, 1.807) is 0 Å². The number of unbranched alkanes of at least 4 members (excludes halogenated alkanes) is 3. The molecule has 2 aromatic heterocycles. The number of nitrogens with zero attached hydrogens (tertiary/aromatic N) is 2. The molecule has 0 radical (unpaired) electrons. The summed E-state index contributed by atoms with van der Waals surface area (Å²) in [4.78, 5) is 0. The lowest BCUT2D eigenvalue weighted by molar-refractivity contribution is -0.671. The van der Waals surface area contributed by atoms with Crippen molar-refractivity contribution in [2.45, 2.75) is 38.6 Å². The first kappa shape index (κ1) is 9.89. The highest BCUT2D eigenvalue weighted by atomic mass is 32.1. The zero-order valence-electron chi connectivity index (χ0n) is 12.4. The van der Waals surface area contributed by atoms with Crippen molar-refractivity contribution in [3.05, 3.63) is 41.1 Å². The molecule has 2 aromatic rings. The summed E-state index contributed by atoms with van der Waals surface area (Å²) >= 11 is 1.26. The standard InChI is InChI=1S/C14H21N2S/c1-15-9-10-16(13-15)8-5-3-2-4-6-14-7-11-17-12-14/h7,9-13H,2-6,8H2,1H3/q+1/i11T,12T. The van der Waals surface area contributed by atoms with Gasteiger partial charge in [-0.15, -0.1) is 0 Å². The molecule has 0 fully saturated rings. The molecule has 0 aliphatic rings. The Labute approximate surface area is 110 Å². The lowest BCUT2D eigenvalue weighted by Crippen LogP contribution is -2.23. The number of hydrogen-bond donors (Lipinski definition) is 0. The Morgan fingerprint density at radius 3 is 2.94 bits per heavy atom. The van der Waals surface area contributed by atoms with E-state index in [9.17, 15) is 0 Å². The van der Waals surface area contributed by atoms with Gasteiger partial charge in [-0.05, 0) is 48.0 Å². The zero-order valence-corrected chi connectivity index (χ0v) is 11.2. The van der Waals surface area contributed by atoms with E-state index in [0.29, 0.717) is 10.7 Å². The van der Waals surface area contributed by atoms with Gasteiger partial charge in [0.15, 0.2) is 0 Å². The molecule has 0 aliphatic heterocycles. The van der Waals surface area contributed by atoms with Crippen molar-refractivity contribution in [2.24, 2.45) is 7.05 Å². The summed E-state index contributed by atoms with van der Waals surface area (Å²) in [6.07, 6.45) is 12.0. The molecule has 0 amide bonds. The van der Waals surface area contributed by atoms with Crippen LogP contribution < -0.4 is 4.57 Å². The smallest absolute Gasteiger partial charge is 0.240 e. The molecule has 92 valence electrons. The molecular formula is C14H21N2S+. The highest BCUT2D eigenvalue weighted by Gasteiger charge is 1.99. The van der Waals surface area contributed by atoms with E-state index >= 15 is 0 Å². The molecule has 0 atom stereocenters. The molecule has 2 nitrogen and oxygen atoms in total. The quantitative estimate of drug-likeness (QED) is 0.529. The number of rotatable bonds is 7. The van der Waals surface area contributed by atoms with Crippen LogP contribution in [-0.2, 0) is 20.0 Å². The van der Waals surface area contributed by atoms with Crippen molar-refractivity contribution in [3.8, 4) is 0 Å². The van der Waals surface area contributed by atoms with Gasteiger partial charge in [-0.2, -0.15) is 11.3 Å². The molecule has 0 bridgehead atoms. The topological polar surface area (TPSA) is 8.81 Å². The third-order valence-electron chi connectivity index (χ3n) is 2.91.